The van der Waals surface area contributed by atoms with Crippen molar-refractivity contribution < 1.29 is 19.7 Å². The van der Waals surface area contributed by atoms with Gasteiger partial charge >= 0.3 is 0 Å². The molecule has 3 aromatic rings. The lowest BCUT2D eigenvalue weighted by Gasteiger charge is -2.22. The summed E-state index contributed by atoms with van der Waals surface area (Å²) in [5.41, 5.74) is 3.53. The summed E-state index contributed by atoms with van der Waals surface area (Å²) >= 11 is 0. The van der Waals surface area contributed by atoms with Gasteiger partial charge in [-0.15, -0.1) is 0 Å². The van der Waals surface area contributed by atoms with E-state index in [1.54, 1.807) is 6.07 Å². The molecule has 30 heavy (non-hydrogen) atoms. The normalized spacial score (nSPS) is 14.2. The lowest BCUT2D eigenvalue weighted by molar-refractivity contribution is 0.174. The van der Waals surface area contributed by atoms with Crippen molar-refractivity contribution in [2.45, 2.75) is 25.7 Å². The number of hydrogen-bond donors (Lipinski definition) is 3. The first-order chi connectivity index (χ1) is 14.5. The molecule has 154 valence electrons. The van der Waals surface area contributed by atoms with E-state index in [0.29, 0.717) is 28.3 Å². The molecule has 0 saturated carbocycles. The predicted molar refractivity (Wildman–Crippen MR) is 115 cm³/mol. The van der Waals surface area contributed by atoms with Gasteiger partial charge in [-0.1, -0.05) is 50.2 Å². The number of hydrazone groups is 1. The number of phenols is 2. The van der Waals surface area contributed by atoms with E-state index < -0.39 is 0 Å². The van der Waals surface area contributed by atoms with Crippen LogP contribution in [0.15, 0.2) is 65.8 Å². The number of nitrogens with two attached hydrogens (primary N) is 1. The second-order valence-corrected chi connectivity index (χ2v) is 7.55. The molecule has 0 aromatic heterocycles. The average molecular weight is 404 g/mol. The van der Waals surface area contributed by atoms with Gasteiger partial charge in [0.05, 0.1) is 11.6 Å². The van der Waals surface area contributed by atoms with Crippen molar-refractivity contribution in [2.24, 2.45) is 10.9 Å². The monoisotopic (exact) mass is 404 g/mol. The fraction of sp³-hybridized carbons (Fsp3) is 0.208. The molecule has 4 rings (SSSR count). The van der Waals surface area contributed by atoms with E-state index in [9.17, 15) is 10.2 Å². The molecule has 6 nitrogen and oxygen atoms in total. The third kappa shape index (κ3) is 3.52. The van der Waals surface area contributed by atoms with Crippen molar-refractivity contribution in [2.75, 3.05) is 6.79 Å². The van der Waals surface area contributed by atoms with Gasteiger partial charge in [0, 0.05) is 11.6 Å². The van der Waals surface area contributed by atoms with Gasteiger partial charge in [0.25, 0.3) is 0 Å². The molecule has 1 aliphatic heterocycles. The van der Waals surface area contributed by atoms with Crippen LogP contribution in [-0.2, 0) is 0 Å². The van der Waals surface area contributed by atoms with Gasteiger partial charge in [-0.25, -0.2) is 0 Å². The number of phenolic OH excluding ortho intramolecular Hbond substituents is 2. The van der Waals surface area contributed by atoms with Crippen molar-refractivity contribution in [3.8, 4) is 23.0 Å². The Hall–Kier alpha value is -3.67. The van der Waals surface area contributed by atoms with E-state index in [-0.39, 0.29) is 30.1 Å². The summed E-state index contributed by atoms with van der Waals surface area (Å²) < 4.78 is 11.0. The van der Waals surface area contributed by atoms with Crippen LogP contribution in [0.1, 0.15) is 47.9 Å². The number of benzene rings is 3. The van der Waals surface area contributed by atoms with Crippen molar-refractivity contribution >= 4 is 5.71 Å². The fourth-order valence-electron chi connectivity index (χ4n) is 3.81. The number of fused-ring (bicyclic) bond motifs is 1. The minimum atomic E-state index is -0.360. The van der Waals surface area contributed by atoms with Crippen molar-refractivity contribution in [3.63, 3.8) is 0 Å². The zero-order valence-electron chi connectivity index (χ0n) is 16.9. The number of ether oxygens (including phenoxy) is 2. The second kappa shape index (κ2) is 7.99. The quantitative estimate of drug-likeness (QED) is 0.332. The van der Waals surface area contributed by atoms with Crippen LogP contribution >= 0.6 is 0 Å². The molecule has 0 saturated heterocycles. The van der Waals surface area contributed by atoms with E-state index >= 15 is 0 Å². The lowest BCUT2D eigenvalue weighted by atomic mass is 9.83. The molecular weight excluding hydrogens is 380 g/mol. The lowest BCUT2D eigenvalue weighted by Crippen LogP contribution is -2.18. The van der Waals surface area contributed by atoms with Gasteiger partial charge in [0.15, 0.2) is 11.5 Å². The van der Waals surface area contributed by atoms with Gasteiger partial charge in [-0.2, -0.15) is 5.10 Å². The molecule has 6 heteroatoms. The smallest absolute Gasteiger partial charge is 0.231 e. The summed E-state index contributed by atoms with van der Waals surface area (Å²) in [4.78, 5) is 0. The first-order valence-electron chi connectivity index (χ1n) is 9.78. The maximum absolute atomic E-state index is 10.7. The zero-order chi connectivity index (χ0) is 21.3. The predicted octanol–water partition coefficient (Wildman–Crippen LogP) is 4.44. The van der Waals surface area contributed by atoms with Crippen LogP contribution in [-0.4, -0.2) is 22.7 Å². The van der Waals surface area contributed by atoms with E-state index in [1.165, 1.54) is 6.07 Å². The van der Waals surface area contributed by atoms with E-state index in [4.69, 9.17) is 15.3 Å². The molecule has 0 radical (unpaired) electrons. The Morgan fingerprint density at radius 1 is 0.900 bits per heavy atom. The van der Waals surface area contributed by atoms with Gasteiger partial charge in [0.2, 0.25) is 6.79 Å². The third-order valence-corrected chi connectivity index (χ3v) is 5.32. The standard InChI is InChI=1S/C24H24N2O4/c1-14(2)17-11-18(20(28)12-19(17)27)24(26-25)23(15-6-4-3-5-7-15)16-8-9-21-22(10-16)30-13-29-21/h3-12,14,23,27-28H,13,25H2,1-2H3/b26-24+. The molecule has 4 N–H and O–H groups in total. The number of nitrogens with zero attached hydrogens (tertiary/aromatic N) is 1. The molecule has 0 fully saturated rings. The summed E-state index contributed by atoms with van der Waals surface area (Å²) in [5, 5.41) is 25.0. The molecule has 0 aliphatic carbocycles. The molecule has 1 heterocycles. The fourth-order valence-corrected chi connectivity index (χ4v) is 3.81. The Bertz CT molecular complexity index is 1090. The SMILES string of the molecule is CC(C)c1cc(/C(=N\N)C(c2ccccc2)c2ccc3c(c2)OCO3)c(O)cc1O. The topological polar surface area (TPSA) is 97.3 Å². The molecule has 0 bridgehead atoms. The van der Waals surface area contributed by atoms with Crippen LogP contribution in [0, 0.1) is 0 Å². The summed E-state index contributed by atoms with van der Waals surface area (Å²) in [7, 11) is 0. The molecule has 1 unspecified atom stereocenters. The molecule has 0 spiro atoms. The number of hydrogen-bond acceptors (Lipinski definition) is 6. The third-order valence-electron chi connectivity index (χ3n) is 5.32. The van der Waals surface area contributed by atoms with E-state index in [1.807, 2.05) is 62.4 Å². The zero-order valence-corrected chi connectivity index (χ0v) is 16.9. The summed E-state index contributed by atoms with van der Waals surface area (Å²) in [6.45, 7) is 4.13. The first-order valence-corrected chi connectivity index (χ1v) is 9.78. The molecule has 3 aromatic carbocycles. The minimum absolute atomic E-state index is 0.0435. The summed E-state index contributed by atoms with van der Waals surface area (Å²) in [5.74, 6) is 6.89. The summed E-state index contributed by atoms with van der Waals surface area (Å²) in [6.07, 6.45) is 0. The average Bonchev–Trinajstić information content (AvgIpc) is 3.20. The Morgan fingerprint density at radius 2 is 1.63 bits per heavy atom. The van der Waals surface area contributed by atoms with Crippen molar-refractivity contribution in [1.82, 2.24) is 0 Å². The van der Waals surface area contributed by atoms with Crippen LogP contribution in [0.5, 0.6) is 23.0 Å². The molecule has 1 atom stereocenters. The van der Waals surface area contributed by atoms with Crippen LogP contribution in [0.25, 0.3) is 0 Å². The highest BCUT2D eigenvalue weighted by molar-refractivity contribution is 6.09. The highest BCUT2D eigenvalue weighted by atomic mass is 16.7. The number of rotatable bonds is 5. The Labute approximate surface area is 175 Å². The second-order valence-electron chi connectivity index (χ2n) is 7.55. The highest BCUT2D eigenvalue weighted by Crippen LogP contribution is 2.40. The van der Waals surface area contributed by atoms with Crippen LogP contribution < -0.4 is 15.3 Å². The van der Waals surface area contributed by atoms with Crippen molar-refractivity contribution in [3.05, 3.63) is 82.9 Å². The van der Waals surface area contributed by atoms with Crippen LogP contribution in [0.2, 0.25) is 0 Å². The van der Waals surface area contributed by atoms with E-state index in [0.717, 1.165) is 11.1 Å². The molecular formula is C24H24N2O4. The van der Waals surface area contributed by atoms with E-state index in [2.05, 4.69) is 5.10 Å². The molecule has 0 amide bonds. The molecule has 1 aliphatic rings. The Kier molecular flexibility index (Phi) is 5.23. The van der Waals surface area contributed by atoms with Crippen LogP contribution in [0.4, 0.5) is 0 Å². The maximum atomic E-state index is 10.7. The Balaban J connectivity index is 1.90. The van der Waals surface area contributed by atoms with Gasteiger partial charge < -0.3 is 25.5 Å². The highest BCUT2D eigenvalue weighted by Gasteiger charge is 2.27. The maximum Gasteiger partial charge on any atom is 0.231 e. The number of aromatic hydroxyl groups is 2. The van der Waals surface area contributed by atoms with Crippen molar-refractivity contribution in [1.29, 1.82) is 0 Å². The van der Waals surface area contributed by atoms with Crippen LogP contribution in [0.3, 0.4) is 0 Å². The van der Waals surface area contributed by atoms with Gasteiger partial charge in [-0.3, -0.25) is 0 Å². The Morgan fingerprint density at radius 3 is 2.33 bits per heavy atom. The van der Waals surface area contributed by atoms with Gasteiger partial charge in [0.1, 0.15) is 11.5 Å². The first kappa shape index (κ1) is 19.6. The summed E-state index contributed by atoms with van der Waals surface area (Å²) in [6, 6.07) is 18.6. The van der Waals surface area contributed by atoms with Gasteiger partial charge in [-0.05, 0) is 40.8 Å². The largest absolute Gasteiger partial charge is 0.508 e. The minimum Gasteiger partial charge on any atom is -0.508 e.